The summed E-state index contributed by atoms with van der Waals surface area (Å²) in [6, 6.07) is 5.75. The van der Waals surface area contributed by atoms with Crippen molar-refractivity contribution >= 4 is 32.7 Å². The number of rotatable bonds is 6. The molecule has 0 aromatic carbocycles. The SMILES string of the molecule is Cc1ccc(S(=O)(=O)NCC(c2ccsc2)N2CCCC2)s1. The molecule has 7 heteroatoms. The van der Waals surface area contributed by atoms with Crippen LogP contribution in [-0.2, 0) is 10.0 Å². The van der Waals surface area contributed by atoms with E-state index in [-0.39, 0.29) is 6.04 Å². The maximum atomic E-state index is 12.4. The molecule has 1 fully saturated rings. The number of sulfonamides is 1. The highest BCUT2D eigenvalue weighted by molar-refractivity contribution is 7.91. The van der Waals surface area contributed by atoms with Crippen LogP contribution in [0, 0.1) is 6.92 Å². The fraction of sp³-hybridized carbons (Fsp3) is 0.467. The second-order valence-corrected chi connectivity index (χ2v) is 9.59. The highest BCUT2D eigenvalue weighted by atomic mass is 32.2. The molecule has 0 spiro atoms. The average Bonchev–Trinajstić information content (AvgIpc) is 3.20. The molecule has 1 saturated heterocycles. The summed E-state index contributed by atoms with van der Waals surface area (Å²) in [6.45, 7) is 4.43. The first kappa shape index (κ1) is 16.1. The Morgan fingerprint density at radius 2 is 2.05 bits per heavy atom. The van der Waals surface area contributed by atoms with Crippen LogP contribution in [0.25, 0.3) is 0 Å². The van der Waals surface area contributed by atoms with Crippen LogP contribution < -0.4 is 4.72 Å². The van der Waals surface area contributed by atoms with E-state index in [0.29, 0.717) is 10.8 Å². The monoisotopic (exact) mass is 356 g/mol. The van der Waals surface area contributed by atoms with Crippen LogP contribution in [0.1, 0.15) is 29.3 Å². The van der Waals surface area contributed by atoms with Crippen LogP contribution in [0.2, 0.25) is 0 Å². The standard InChI is InChI=1S/C15H20N2O2S3/c1-12-4-5-15(21-12)22(18,19)16-10-14(13-6-9-20-11-13)17-7-2-3-8-17/h4-6,9,11,14,16H,2-3,7-8,10H2,1H3. The zero-order valence-electron chi connectivity index (χ0n) is 12.5. The van der Waals surface area contributed by atoms with Gasteiger partial charge in [0.25, 0.3) is 0 Å². The third kappa shape index (κ3) is 3.60. The van der Waals surface area contributed by atoms with Crippen molar-refractivity contribution in [1.82, 2.24) is 9.62 Å². The molecule has 22 heavy (non-hydrogen) atoms. The van der Waals surface area contributed by atoms with Crippen molar-refractivity contribution in [1.29, 1.82) is 0 Å². The third-order valence-corrected chi connectivity index (χ3v) is 7.57. The van der Waals surface area contributed by atoms with Gasteiger partial charge in [0.1, 0.15) is 4.21 Å². The predicted molar refractivity (Wildman–Crippen MR) is 92.1 cm³/mol. The van der Waals surface area contributed by atoms with Gasteiger partial charge in [0.15, 0.2) is 0 Å². The molecule has 0 saturated carbocycles. The number of nitrogens with zero attached hydrogens (tertiary/aromatic N) is 1. The van der Waals surface area contributed by atoms with Crippen LogP contribution in [-0.4, -0.2) is 33.0 Å². The molecule has 0 amide bonds. The van der Waals surface area contributed by atoms with E-state index in [4.69, 9.17) is 0 Å². The van der Waals surface area contributed by atoms with E-state index < -0.39 is 10.0 Å². The summed E-state index contributed by atoms with van der Waals surface area (Å²) in [5.41, 5.74) is 1.21. The number of aryl methyl sites for hydroxylation is 1. The molecule has 1 aliphatic heterocycles. The van der Waals surface area contributed by atoms with Gasteiger partial charge in [-0.25, -0.2) is 13.1 Å². The van der Waals surface area contributed by atoms with E-state index >= 15 is 0 Å². The van der Waals surface area contributed by atoms with E-state index in [1.807, 2.05) is 13.0 Å². The van der Waals surface area contributed by atoms with Gasteiger partial charge in [0.05, 0.1) is 0 Å². The highest BCUT2D eigenvalue weighted by Crippen LogP contribution is 2.27. The molecule has 3 rings (SSSR count). The first-order valence-electron chi connectivity index (χ1n) is 7.38. The fourth-order valence-electron chi connectivity index (χ4n) is 2.79. The maximum absolute atomic E-state index is 12.4. The molecule has 3 heterocycles. The maximum Gasteiger partial charge on any atom is 0.250 e. The molecule has 1 atom stereocenters. The smallest absolute Gasteiger partial charge is 0.250 e. The minimum atomic E-state index is -3.41. The largest absolute Gasteiger partial charge is 0.295 e. The molecular formula is C15H20N2O2S3. The molecule has 120 valence electrons. The van der Waals surface area contributed by atoms with Crippen molar-refractivity contribution in [3.05, 3.63) is 39.4 Å². The minimum absolute atomic E-state index is 0.129. The normalized spacial score (nSPS) is 17.9. The molecular weight excluding hydrogens is 336 g/mol. The van der Waals surface area contributed by atoms with Crippen molar-refractivity contribution in [2.24, 2.45) is 0 Å². The second-order valence-electron chi connectivity index (χ2n) is 5.53. The Morgan fingerprint density at radius 3 is 2.64 bits per heavy atom. The molecule has 0 radical (unpaired) electrons. The van der Waals surface area contributed by atoms with Crippen LogP contribution in [0.4, 0.5) is 0 Å². The summed E-state index contributed by atoms with van der Waals surface area (Å²) in [5.74, 6) is 0. The quantitative estimate of drug-likeness (QED) is 0.864. The summed E-state index contributed by atoms with van der Waals surface area (Å²) in [6.07, 6.45) is 2.38. The van der Waals surface area contributed by atoms with E-state index in [2.05, 4.69) is 26.4 Å². The number of likely N-dealkylation sites (tertiary alicyclic amines) is 1. The lowest BCUT2D eigenvalue weighted by molar-refractivity contribution is 0.247. The van der Waals surface area contributed by atoms with Gasteiger partial charge in [0.2, 0.25) is 10.0 Å². The van der Waals surface area contributed by atoms with E-state index in [1.54, 1.807) is 17.4 Å². The Kier molecular flexibility index (Phi) is 4.99. The lowest BCUT2D eigenvalue weighted by Crippen LogP contribution is -2.36. The van der Waals surface area contributed by atoms with E-state index in [1.165, 1.54) is 29.7 Å². The number of thiophene rings is 2. The van der Waals surface area contributed by atoms with Crippen LogP contribution in [0.15, 0.2) is 33.2 Å². The van der Waals surface area contributed by atoms with Gasteiger partial charge in [-0.15, -0.1) is 11.3 Å². The molecule has 0 aliphatic carbocycles. The number of hydrogen-bond acceptors (Lipinski definition) is 5. The van der Waals surface area contributed by atoms with Gasteiger partial charge in [0, 0.05) is 17.5 Å². The molecule has 2 aromatic heterocycles. The van der Waals surface area contributed by atoms with Gasteiger partial charge in [-0.1, -0.05) is 0 Å². The lowest BCUT2D eigenvalue weighted by Gasteiger charge is -2.27. The zero-order chi connectivity index (χ0) is 15.6. The van der Waals surface area contributed by atoms with Crippen LogP contribution >= 0.6 is 22.7 Å². The van der Waals surface area contributed by atoms with Crippen molar-refractivity contribution < 1.29 is 8.42 Å². The Hall–Kier alpha value is -0.730. The van der Waals surface area contributed by atoms with Gasteiger partial charge in [-0.3, -0.25) is 4.90 Å². The first-order chi connectivity index (χ1) is 10.6. The minimum Gasteiger partial charge on any atom is -0.295 e. The lowest BCUT2D eigenvalue weighted by atomic mass is 10.1. The summed E-state index contributed by atoms with van der Waals surface area (Å²) >= 11 is 2.97. The van der Waals surface area contributed by atoms with Gasteiger partial charge < -0.3 is 0 Å². The highest BCUT2D eigenvalue weighted by Gasteiger charge is 2.26. The molecule has 1 aliphatic rings. The van der Waals surface area contributed by atoms with E-state index in [9.17, 15) is 8.42 Å². The summed E-state index contributed by atoms with van der Waals surface area (Å²) in [5, 5.41) is 4.17. The van der Waals surface area contributed by atoms with Crippen molar-refractivity contribution in [2.45, 2.75) is 30.0 Å². The fourth-order valence-corrected chi connectivity index (χ4v) is 5.87. The van der Waals surface area contributed by atoms with Gasteiger partial charge in [-0.05, 0) is 67.4 Å². The Morgan fingerprint density at radius 1 is 1.27 bits per heavy atom. The first-order valence-corrected chi connectivity index (χ1v) is 10.6. The summed E-state index contributed by atoms with van der Waals surface area (Å²) in [7, 11) is -3.41. The summed E-state index contributed by atoms with van der Waals surface area (Å²) in [4.78, 5) is 3.39. The average molecular weight is 357 g/mol. The Balaban J connectivity index is 1.74. The Bertz CT molecular complexity index is 701. The molecule has 2 aromatic rings. The number of hydrogen-bond donors (Lipinski definition) is 1. The van der Waals surface area contributed by atoms with Gasteiger partial charge in [-0.2, -0.15) is 11.3 Å². The zero-order valence-corrected chi connectivity index (χ0v) is 14.9. The van der Waals surface area contributed by atoms with Gasteiger partial charge >= 0.3 is 0 Å². The summed E-state index contributed by atoms with van der Waals surface area (Å²) < 4.78 is 28.0. The van der Waals surface area contributed by atoms with Crippen molar-refractivity contribution in [3.8, 4) is 0 Å². The predicted octanol–water partition coefficient (Wildman–Crippen LogP) is 3.23. The third-order valence-electron chi connectivity index (χ3n) is 3.96. The van der Waals surface area contributed by atoms with Crippen molar-refractivity contribution in [3.63, 3.8) is 0 Å². The molecule has 0 bridgehead atoms. The van der Waals surface area contributed by atoms with Crippen LogP contribution in [0.5, 0.6) is 0 Å². The van der Waals surface area contributed by atoms with Crippen LogP contribution in [0.3, 0.4) is 0 Å². The molecule has 1 unspecified atom stereocenters. The molecule has 4 nitrogen and oxygen atoms in total. The second kappa shape index (κ2) is 6.80. The Labute approximate surface area is 139 Å². The van der Waals surface area contributed by atoms with E-state index in [0.717, 1.165) is 18.0 Å². The van der Waals surface area contributed by atoms with Crippen molar-refractivity contribution in [2.75, 3.05) is 19.6 Å². The number of nitrogens with one attached hydrogen (secondary N) is 1. The topological polar surface area (TPSA) is 49.4 Å². The molecule has 1 N–H and O–H groups in total.